The number of hydrogen-bond acceptors (Lipinski definition) is 1. The summed E-state index contributed by atoms with van der Waals surface area (Å²) in [7, 11) is 0. The lowest BCUT2D eigenvalue weighted by atomic mass is 10.2. The highest BCUT2D eigenvalue weighted by Gasteiger charge is 2.02. The lowest BCUT2D eigenvalue weighted by molar-refractivity contribution is 0.611. The van der Waals surface area contributed by atoms with Gasteiger partial charge in [0.05, 0.1) is 5.88 Å². The molecule has 0 unspecified atom stereocenters. The van der Waals surface area contributed by atoms with Crippen molar-refractivity contribution in [2.75, 3.05) is 0 Å². The molecule has 0 aliphatic rings. The van der Waals surface area contributed by atoms with Crippen LogP contribution in [0.4, 0.5) is 4.39 Å². The van der Waals surface area contributed by atoms with E-state index >= 15 is 0 Å². The van der Waals surface area contributed by atoms with Gasteiger partial charge in [-0.05, 0) is 13.0 Å². The van der Waals surface area contributed by atoms with Gasteiger partial charge in [0.15, 0.2) is 0 Å². The standard InChI is InChI=1S/C7H7ClFN/c1-5-6(4-8)7(9)2-3-10-5/h2-3H,4H2,1H3. The van der Waals surface area contributed by atoms with Crippen LogP contribution in [-0.2, 0) is 5.88 Å². The fraction of sp³-hybridized carbons (Fsp3) is 0.286. The Labute approximate surface area is 63.8 Å². The van der Waals surface area contributed by atoms with Gasteiger partial charge in [-0.1, -0.05) is 0 Å². The van der Waals surface area contributed by atoms with Crippen LogP contribution in [0.1, 0.15) is 11.3 Å². The lowest BCUT2D eigenvalue weighted by Gasteiger charge is -1.99. The van der Waals surface area contributed by atoms with E-state index < -0.39 is 0 Å². The summed E-state index contributed by atoms with van der Waals surface area (Å²) in [5, 5.41) is 0. The lowest BCUT2D eigenvalue weighted by Crippen LogP contribution is -1.92. The molecule has 0 amide bonds. The predicted octanol–water partition coefficient (Wildman–Crippen LogP) is 2.27. The van der Waals surface area contributed by atoms with Gasteiger partial charge in [-0.25, -0.2) is 4.39 Å². The first-order chi connectivity index (χ1) is 4.75. The minimum Gasteiger partial charge on any atom is -0.261 e. The van der Waals surface area contributed by atoms with E-state index in [1.54, 1.807) is 6.92 Å². The van der Waals surface area contributed by atoms with Crippen molar-refractivity contribution >= 4 is 11.6 Å². The molecule has 1 aromatic rings. The maximum Gasteiger partial charge on any atom is 0.130 e. The molecule has 1 nitrogen and oxygen atoms in total. The molecule has 0 N–H and O–H groups in total. The normalized spacial score (nSPS) is 9.90. The van der Waals surface area contributed by atoms with Gasteiger partial charge < -0.3 is 0 Å². The van der Waals surface area contributed by atoms with E-state index in [0.717, 1.165) is 0 Å². The van der Waals surface area contributed by atoms with Crippen LogP contribution in [-0.4, -0.2) is 4.98 Å². The summed E-state index contributed by atoms with van der Waals surface area (Å²) >= 11 is 5.46. The number of hydrogen-bond donors (Lipinski definition) is 0. The number of rotatable bonds is 1. The Bertz CT molecular complexity index is 217. The first-order valence-electron chi connectivity index (χ1n) is 2.91. The molecule has 1 rings (SSSR count). The summed E-state index contributed by atoms with van der Waals surface area (Å²) in [5.41, 5.74) is 1.15. The molecule has 3 heteroatoms. The summed E-state index contributed by atoms with van der Waals surface area (Å²) in [6.07, 6.45) is 1.43. The van der Waals surface area contributed by atoms with Crippen LogP contribution in [0.2, 0.25) is 0 Å². The zero-order valence-electron chi connectivity index (χ0n) is 5.56. The molecule has 1 heterocycles. The highest BCUT2D eigenvalue weighted by Crippen LogP contribution is 2.11. The fourth-order valence-corrected chi connectivity index (χ4v) is 1.05. The molecule has 1 aromatic heterocycles. The van der Waals surface area contributed by atoms with E-state index in [4.69, 9.17) is 11.6 Å². The number of halogens is 2. The van der Waals surface area contributed by atoms with Crippen LogP contribution < -0.4 is 0 Å². The first kappa shape index (κ1) is 7.48. The van der Waals surface area contributed by atoms with Crippen molar-refractivity contribution in [2.45, 2.75) is 12.8 Å². The zero-order valence-corrected chi connectivity index (χ0v) is 6.32. The number of nitrogens with zero attached hydrogens (tertiary/aromatic N) is 1. The quantitative estimate of drug-likeness (QED) is 0.573. The third-order valence-corrected chi connectivity index (χ3v) is 1.61. The molecule has 0 saturated heterocycles. The topological polar surface area (TPSA) is 12.9 Å². The van der Waals surface area contributed by atoms with E-state index in [1.165, 1.54) is 12.3 Å². The smallest absolute Gasteiger partial charge is 0.130 e. The van der Waals surface area contributed by atoms with Gasteiger partial charge in [-0.2, -0.15) is 0 Å². The van der Waals surface area contributed by atoms with Crippen molar-refractivity contribution in [1.29, 1.82) is 0 Å². The molecule has 0 aromatic carbocycles. The number of alkyl halides is 1. The largest absolute Gasteiger partial charge is 0.261 e. The molecule has 0 saturated carbocycles. The van der Waals surface area contributed by atoms with Crippen molar-refractivity contribution in [3.63, 3.8) is 0 Å². The van der Waals surface area contributed by atoms with Crippen molar-refractivity contribution < 1.29 is 4.39 Å². The van der Waals surface area contributed by atoms with E-state index in [1.807, 2.05) is 0 Å². The van der Waals surface area contributed by atoms with Crippen LogP contribution in [0.5, 0.6) is 0 Å². The summed E-state index contributed by atoms with van der Waals surface area (Å²) in [4.78, 5) is 3.89. The molecule has 10 heavy (non-hydrogen) atoms. The van der Waals surface area contributed by atoms with Crippen molar-refractivity contribution in [3.8, 4) is 0 Å². The average Bonchev–Trinajstić information content (AvgIpc) is 1.88. The van der Waals surface area contributed by atoms with Gasteiger partial charge in [0.1, 0.15) is 5.82 Å². The molecule has 0 bridgehead atoms. The Morgan fingerprint density at radius 3 is 2.80 bits per heavy atom. The van der Waals surface area contributed by atoms with Gasteiger partial charge in [-0.3, -0.25) is 4.98 Å². The number of pyridine rings is 1. The number of aryl methyl sites for hydroxylation is 1. The van der Waals surface area contributed by atoms with E-state index in [-0.39, 0.29) is 11.7 Å². The Kier molecular flexibility index (Phi) is 2.22. The van der Waals surface area contributed by atoms with Crippen LogP contribution in [0.15, 0.2) is 12.3 Å². The fourth-order valence-electron chi connectivity index (χ4n) is 0.726. The summed E-state index contributed by atoms with van der Waals surface area (Å²) < 4.78 is 12.7. The highest BCUT2D eigenvalue weighted by atomic mass is 35.5. The summed E-state index contributed by atoms with van der Waals surface area (Å²) in [6, 6.07) is 1.31. The molecule has 54 valence electrons. The van der Waals surface area contributed by atoms with Gasteiger partial charge in [0.25, 0.3) is 0 Å². The van der Waals surface area contributed by atoms with Crippen molar-refractivity contribution in [3.05, 3.63) is 29.3 Å². The van der Waals surface area contributed by atoms with Crippen LogP contribution in [0.3, 0.4) is 0 Å². The third kappa shape index (κ3) is 1.27. The van der Waals surface area contributed by atoms with Crippen molar-refractivity contribution in [1.82, 2.24) is 4.98 Å². The highest BCUT2D eigenvalue weighted by molar-refractivity contribution is 6.17. The van der Waals surface area contributed by atoms with Crippen LogP contribution in [0.25, 0.3) is 0 Å². The van der Waals surface area contributed by atoms with Crippen molar-refractivity contribution in [2.24, 2.45) is 0 Å². The Balaban J connectivity index is 3.17. The van der Waals surface area contributed by atoms with Gasteiger partial charge in [0.2, 0.25) is 0 Å². The van der Waals surface area contributed by atoms with Gasteiger partial charge in [-0.15, -0.1) is 11.6 Å². The molecule has 0 fully saturated rings. The predicted molar refractivity (Wildman–Crippen MR) is 38.5 cm³/mol. The molecule has 0 radical (unpaired) electrons. The first-order valence-corrected chi connectivity index (χ1v) is 3.45. The molecular weight excluding hydrogens is 153 g/mol. The van der Waals surface area contributed by atoms with E-state index in [2.05, 4.69) is 4.98 Å². The molecule has 0 aliphatic heterocycles. The Morgan fingerprint density at radius 1 is 1.70 bits per heavy atom. The van der Waals surface area contributed by atoms with Gasteiger partial charge >= 0.3 is 0 Å². The third-order valence-electron chi connectivity index (χ3n) is 1.35. The minimum atomic E-state index is -0.275. The number of aromatic nitrogens is 1. The summed E-state index contributed by atoms with van der Waals surface area (Å²) in [5.74, 6) is -0.0894. The molecule has 0 aliphatic carbocycles. The molecule has 0 spiro atoms. The summed E-state index contributed by atoms with van der Waals surface area (Å²) in [6.45, 7) is 1.74. The Morgan fingerprint density at radius 2 is 2.40 bits per heavy atom. The van der Waals surface area contributed by atoms with Crippen LogP contribution in [0, 0.1) is 12.7 Å². The van der Waals surface area contributed by atoms with E-state index in [9.17, 15) is 4.39 Å². The van der Waals surface area contributed by atoms with Crippen LogP contribution >= 0.6 is 11.6 Å². The Hall–Kier alpha value is -0.630. The second-order valence-corrected chi connectivity index (χ2v) is 2.26. The molecule has 0 atom stereocenters. The minimum absolute atomic E-state index is 0.186. The maximum absolute atomic E-state index is 12.7. The van der Waals surface area contributed by atoms with Gasteiger partial charge in [0, 0.05) is 17.5 Å². The second kappa shape index (κ2) is 2.97. The van der Waals surface area contributed by atoms with E-state index in [0.29, 0.717) is 11.3 Å². The average molecular weight is 160 g/mol. The zero-order chi connectivity index (χ0) is 7.56. The maximum atomic E-state index is 12.7. The monoisotopic (exact) mass is 159 g/mol. The molecular formula is C7H7ClFN. The SMILES string of the molecule is Cc1nccc(F)c1CCl. The second-order valence-electron chi connectivity index (χ2n) is 1.99.